The molecule has 0 spiro atoms. The van der Waals surface area contributed by atoms with E-state index in [9.17, 15) is 8.42 Å². The molecule has 1 fully saturated rings. The zero-order valence-electron chi connectivity index (χ0n) is 13.3. The van der Waals surface area contributed by atoms with Crippen LogP contribution in [-0.4, -0.2) is 13.4 Å². The number of aromatic nitrogens is 1. The van der Waals surface area contributed by atoms with Crippen LogP contribution in [0.1, 0.15) is 41.9 Å². The highest BCUT2D eigenvalue weighted by molar-refractivity contribution is 7.92. The zero-order valence-corrected chi connectivity index (χ0v) is 15.7. The minimum Gasteiger partial charge on any atom is -0.245 e. The van der Waals surface area contributed by atoms with Gasteiger partial charge in [-0.15, -0.1) is 11.3 Å². The van der Waals surface area contributed by atoms with Gasteiger partial charge in [-0.2, -0.15) is 4.72 Å². The van der Waals surface area contributed by atoms with Gasteiger partial charge in [0, 0.05) is 21.5 Å². The molecule has 0 saturated heterocycles. The number of benzene rings is 1. The highest BCUT2D eigenvalue weighted by Gasteiger charge is 2.40. The van der Waals surface area contributed by atoms with Gasteiger partial charge in [-0.25, -0.2) is 13.4 Å². The molecule has 7 heteroatoms. The molecule has 1 heterocycles. The van der Waals surface area contributed by atoms with Crippen molar-refractivity contribution < 1.29 is 8.42 Å². The third kappa shape index (κ3) is 4.06. The van der Waals surface area contributed by atoms with E-state index in [1.54, 1.807) is 30.3 Å². The molecule has 0 atom stereocenters. The smallest absolute Gasteiger partial charge is 0.234 e. The molecular weight excluding hydrogens is 364 g/mol. The number of rotatable bonds is 5. The predicted molar refractivity (Wildman–Crippen MR) is 99.5 cm³/mol. The van der Waals surface area contributed by atoms with Gasteiger partial charge in [0.2, 0.25) is 10.0 Å². The summed E-state index contributed by atoms with van der Waals surface area (Å²) in [6.07, 6.45) is 5.15. The number of thiazole rings is 1. The maximum absolute atomic E-state index is 12.6. The van der Waals surface area contributed by atoms with Crippen LogP contribution in [0.3, 0.4) is 0 Å². The van der Waals surface area contributed by atoms with Crippen LogP contribution in [0.2, 0.25) is 5.02 Å². The number of sulfonamides is 1. The Hall–Kier alpha value is -1.21. The summed E-state index contributed by atoms with van der Waals surface area (Å²) in [5.41, 5.74) is 1.15. The van der Waals surface area contributed by atoms with Crippen molar-refractivity contribution in [2.75, 3.05) is 0 Å². The first-order chi connectivity index (χ1) is 11.4. The minimum atomic E-state index is -3.57. The van der Waals surface area contributed by atoms with E-state index in [-0.39, 0.29) is 0 Å². The molecule has 0 unspecified atom stereocenters. The molecule has 0 aliphatic heterocycles. The topological polar surface area (TPSA) is 59.1 Å². The van der Waals surface area contributed by atoms with Crippen LogP contribution in [0, 0.1) is 6.92 Å². The van der Waals surface area contributed by atoms with Gasteiger partial charge in [0.15, 0.2) is 0 Å². The van der Waals surface area contributed by atoms with Gasteiger partial charge in [-0.05, 0) is 43.5 Å². The molecule has 1 aromatic carbocycles. The Bertz CT molecular complexity index is 836. The largest absolute Gasteiger partial charge is 0.245 e. The molecule has 24 heavy (non-hydrogen) atoms. The lowest BCUT2D eigenvalue weighted by molar-refractivity contribution is 0.404. The fourth-order valence-corrected chi connectivity index (χ4v) is 5.41. The summed E-state index contributed by atoms with van der Waals surface area (Å²) < 4.78 is 28.0. The van der Waals surface area contributed by atoms with Crippen molar-refractivity contribution >= 4 is 39.0 Å². The maximum Gasteiger partial charge on any atom is 0.234 e. The molecule has 1 saturated carbocycles. The minimum absolute atomic E-state index is 0.567. The van der Waals surface area contributed by atoms with E-state index >= 15 is 0 Å². The Balaban J connectivity index is 1.82. The summed E-state index contributed by atoms with van der Waals surface area (Å²) in [6, 6.07) is 7.03. The molecule has 1 aromatic heterocycles. The van der Waals surface area contributed by atoms with Gasteiger partial charge in [-0.3, -0.25) is 0 Å². The van der Waals surface area contributed by atoms with Crippen LogP contribution < -0.4 is 4.72 Å². The summed E-state index contributed by atoms with van der Waals surface area (Å²) in [4.78, 5) is 4.53. The normalized spacial score (nSPS) is 17.6. The van der Waals surface area contributed by atoms with E-state index in [0.717, 1.165) is 41.9 Å². The summed E-state index contributed by atoms with van der Waals surface area (Å²) in [6.45, 7) is 1.93. The van der Waals surface area contributed by atoms with E-state index in [0.29, 0.717) is 5.02 Å². The average molecular weight is 383 g/mol. The third-order valence-corrected chi connectivity index (χ3v) is 6.72. The Morgan fingerprint density at radius 2 is 1.92 bits per heavy atom. The van der Waals surface area contributed by atoms with Crippen molar-refractivity contribution in [2.45, 2.75) is 38.1 Å². The van der Waals surface area contributed by atoms with Crippen molar-refractivity contribution in [3.05, 3.63) is 56.3 Å². The summed E-state index contributed by atoms with van der Waals surface area (Å²) in [7, 11) is -3.57. The predicted octanol–water partition coefficient (Wildman–Crippen LogP) is 4.46. The molecule has 1 N–H and O–H groups in total. The SMILES string of the molecule is Cc1csc(C2(NS(=O)(=O)C=Cc3ccc(Cl)cc3)CCCC2)n1. The van der Waals surface area contributed by atoms with Crippen molar-refractivity contribution in [3.63, 3.8) is 0 Å². The molecule has 2 aromatic rings. The molecule has 4 nitrogen and oxygen atoms in total. The van der Waals surface area contributed by atoms with Crippen LogP contribution in [-0.2, 0) is 15.6 Å². The number of halogens is 1. The number of aryl methyl sites for hydroxylation is 1. The van der Waals surface area contributed by atoms with Gasteiger partial charge in [0.25, 0.3) is 0 Å². The lowest BCUT2D eigenvalue weighted by Gasteiger charge is -2.27. The van der Waals surface area contributed by atoms with E-state index in [4.69, 9.17) is 11.6 Å². The summed E-state index contributed by atoms with van der Waals surface area (Å²) in [5, 5.41) is 4.67. The summed E-state index contributed by atoms with van der Waals surface area (Å²) in [5.74, 6) is 0. The van der Waals surface area contributed by atoms with E-state index in [1.165, 1.54) is 16.7 Å². The molecular formula is C17H19ClN2O2S2. The highest BCUT2D eigenvalue weighted by Crippen LogP contribution is 2.40. The lowest BCUT2D eigenvalue weighted by Crippen LogP contribution is -2.42. The van der Waals surface area contributed by atoms with Crippen molar-refractivity contribution in [1.82, 2.24) is 9.71 Å². The van der Waals surface area contributed by atoms with Crippen molar-refractivity contribution in [2.24, 2.45) is 0 Å². The molecule has 128 valence electrons. The van der Waals surface area contributed by atoms with Crippen LogP contribution in [0.5, 0.6) is 0 Å². The third-order valence-electron chi connectivity index (χ3n) is 4.13. The molecule has 1 aliphatic carbocycles. The number of hydrogen-bond acceptors (Lipinski definition) is 4. The monoisotopic (exact) mass is 382 g/mol. The number of hydrogen-bond donors (Lipinski definition) is 1. The van der Waals surface area contributed by atoms with Gasteiger partial charge in [0.1, 0.15) is 5.01 Å². The lowest BCUT2D eigenvalue weighted by atomic mass is 10.0. The first kappa shape index (κ1) is 17.6. The van der Waals surface area contributed by atoms with Crippen LogP contribution in [0.25, 0.3) is 6.08 Å². The molecule has 0 amide bonds. The highest BCUT2D eigenvalue weighted by atomic mass is 35.5. The van der Waals surface area contributed by atoms with Gasteiger partial charge >= 0.3 is 0 Å². The quantitative estimate of drug-likeness (QED) is 0.830. The second-order valence-electron chi connectivity index (χ2n) is 6.08. The van der Waals surface area contributed by atoms with Crippen LogP contribution in [0.4, 0.5) is 0 Å². The van der Waals surface area contributed by atoms with E-state index < -0.39 is 15.6 Å². The number of nitrogens with one attached hydrogen (secondary N) is 1. The van der Waals surface area contributed by atoms with Crippen molar-refractivity contribution in [1.29, 1.82) is 0 Å². The van der Waals surface area contributed by atoms with Crippen LogP contribution in [0.15, 0.2) is 35.1 Å². The maximum atomic E-state index is 12.6. The standard InChI is InChI=1S/C17H19ClN2O2S2/c1-13-12-23-16(19-13)17(9-2-3-10-17)20-24(21,22)11-8-14-4-6-15(18)7-5-14/h4-8,11-12,20H,2-3,9-10H2,1H3. The average Bonchev–Trinajstić information content (AvgIpc) is 3.16. The second kappa shape index (κ2) is 6.96. The van der Waals surface area contributed by atoms with E-state index in [1.807, 2.05) is 12.3 Å². The molecule has 0 radical (unpaired) electrons. The Labute approximate surface area is 151 Å². The molecule has 1 aliphatic rings. The second-order valence-corrected chi connectivity index (χ2v) is 8.95. The Kier molecular flexibility index (Phi) is 5.11. The van der Waals surface area contributed by atoms with Gasteiger partial charge in [0.05, 0.1) is 5.54 Å². The Morgan fingerprint density at radius 3 is 2.50 bits per heavy atom. The first-order valence-electron chi connectivity index (χ1n) is 7.79. The van der Waals surface area contributed by atoms with Crippen molar-refractivity contribution in [3.8, 4) is 0 Å². The first-order valence-corrected chi connectivity index (χ1v) is 10.6. The van der Waals surface area contributed by atoms with E-state index in [2.05, 4.69) is 9.71 Å². The summed E-state index contributed by atoms with van der Waals surface area (Å²) >= 11 is 7.37. The fraction of sp³-hybridized carbons (Fsp3) is 0.353. The Morgan fingerprint density at radius 1 is 1.25 bits per heavy atom. The van der Waals surface area contributed by atoms with Gasteiger partial charge < -0.3 is 0 Å². The number of nitrogens with zero attached hydrogens (tertiary/aromatic N) is 1. The zero-order chi connectivity index (χ0) is 17.2. The van der Waals surface area contributed by atoms with Gasteiger partial charge in [-0.1, -0.05) is 36.6 Å². The molecule has 0 bridgehead atoms. The van der Waals surface area contributed by atoms with Crippen LogP contribution >= 0.6 is 22.9 Å². The molecule has 3 rings (SSSR count). The fourth-order valence-electron chi connectivity index (χ4n) is 2.96.